The van der Waals surface area contributed by atoms with Crippen molar-refractivity contribution >= 4 is 22.8 Å². The highest BCUT2D eigenvalue weighted by molar-refractivity contribution is 5.85. The number of fused-ring (bicyclic) bond motifs is 2. The largest absolute Gasteiger partial charge is 0.482 e. The van der Waals surface area contributed by atoms with Crippen molar-refractivity contribution in [2.24, 2.45) is 7.05 Å². The highest BCUT2D eigenvalue weighted by Gasteiger charge is 2.34. The fourth-order valence-corrected chi connectivity index (χ4v) is 5.18. The number of nitrogens with zero attached hydrogens (tertiary/aromatic N) is 2. The monoisotopic (exact) mass is 486 g/mol. The molecule has 5 rings (SSSR count). The lowest BCUT2D eigenvalue weighted by molar-refractivity contribution is -0.139. The van der Waals surface area contributed by atoms with Crippen LogP contribution in [0.15, 0.2) is 72.9 Å². The third-order valence-corrected chi connectivity index (χ3v) is 6.81. The molecular formula is C29H27FN2O4. The fourth-order valence-electron chi connectivity index (χ4n) is 5.18. The predicted molar refractivity (Wildman–Crippen MR) is 134 cm³/mol. The third-order valence-electron chi connectivity index (χ3n) is 6.81. The molecule has 1 unspecified atom stereocenters. The van der Waals surface area contributed by atoms with Crippen molar-refractivity contribution in [2.45, 2.75) is 25.3 Å². The maximum atomic E-state index is 14.4. The molecule has 184 valence electrons. The lowest BCUT2D eigenvalue weighted by atomic mass is 9.87. The van der Waals surface area contributed by atoms with Crippen LogP contribution < -0.4 is 4.74 Å². The number of carboxylic acids is 1. The summed E-state index contributed by atoms with van der Waals surface area (Å²) >= 11 is 0. The number of halogens is 1. The Labute approximate surface area is 208 Å². The van der Waals surface area contributed by atoms with Gasteiger partial charge in [-0.15, -0.1) is 0 Å². The van der Waals surface area contributed by atoms with Gasteiger partial charge in [0.15, 0.2) is 6.61 Å². The van der Waals surface area contributed by atoms with E-state index in [-0.39, 0.29) is 11.7 Å². The first kappa shape index (κ1) is 23.6. The second-order valence-electron chi connectivity index (χ2n) is 9.09. The van der Waals surface area contributed by atoms with E-state index in [1.165, 1.54) is 18.2 Å². The molecule has 3 aromatic carbocycles. The van der Waals surface area contributed by atoms with Crippen molar-refractivity contribution < 1.29 is 23.8 Å². The minimum atomic E-state index is -1.13. The Kier molecular flexibility index (Phi) is 6.46. The summed E-state index contributed by atoms with van der Waals surface area (Å²) in [7, 11) is 1.99. The van der Waals surface area contributed by atoms with Gasteiger partial charge in [0.25, 0.3) is 0 Å². The van der Waals surface area contributed by atoms with Crippen LogP contribution in [-0.2, 0) is 29.5 Å². The second kappa shape index (κ2) is 9.85. The molecule has 2 heterocycles. The van der Waals surface area contributed by atoms with Gasteiger partial charge < -0.3 is 19.3 Å². The van der Waals surface area contributed by atoms with E-state index in [0.717, 1.165) is 27.6 Å². The average Bonchev–Trinajstić information content (AvgIpc) is 3.21. The van der Waals surface area contributed by atoms with E-state index in [2.05, 4.69) is 22.9 Å². The number of ether oxygens (including phenoxy) is 1. The van der Waals surface area contributed by atoms with Crippen molar-refractivity contribution in [3.8, 4) is 5.75 Å². The summed E-state index contributed by atoms with van der Waals surface area (Å²) < 4.78 is 22.0. The third kappa shape index (κ3) is 4.56. The normalized spacial score (nSPS) is 15.1. The number of hydrogen-bond acceptors (Lipinski definition) is 3. The first-order valence-electron chi connectivity index (χ1n) is 12.0. The molecule has 7 heteroatoms. The van der Waals surface area contributed by atoms with Gasteiger partial charge in [-0.2, -0.15) is 0 Å². The van der Waals surface area contributed by atoms with Gasteiger partial charge in [0.1, 0.15) is 11.6 Å². The molecule has 0 spiro atoms. The van der Waals surface area contributed by atoms with Gasteiger partial charge in [0.05, 0.1) is 6.04 Å². The Morgan fingerprint density at radius 3 is 2.67 bits per heavy atom. The number of benzene rings is 3. The summed E-state index contributed by atoms with van der Waals surface area (Å²) in [5.41, 5.74) is 4.64. The van der Waals surface area contributed by atoms with Crippen LogP contribution in [0.1, 0.15) is 34.7 Å². The molecule has 0 aliphatic carbocycles. The van der Waals surface area contributed by atoms with Gasteiger partial charge in [-0.1, -0.05) is 42.5 Å². The Balaban J connectivity index is 1.48. The minimum Gasteiger partial charge on any atom is -0.482 e. The van der Waals surface area contributed by atoms with Crippen LogP contribution in [0.3, 0.4) is 0 Å². The number of amides is 1. The molecule has 1 aliphatic rings. The Bertz CT molecular complexity index is 1440. The lowest BCUT2D eigenvalue weighted by Crippen LogP contribution is -2.41. The van der Waals surface area contributed by atoms with Crippen LogP contribution in [-0.4, -0.2) is 39.6 Å². The van der Waals surface area contributed by atoms with E-state index >= 15 is 0 Å². The highest BCUT2D eigenvalue weighted by atomic mass is 19.1. The number of carbonyl (C=O) groups is 2. The number of para-hydroxylation sites is 1. The van der Waals surface area contributed by atoms with Crippen molar-refractivity contribution in [1.82, 2.24) is 9.47 Å². The van der Waals surface area contributed by atoms with Gasteiger partial charge in [-0.25, -0.2) is 9.18 Å². The molecule has 6 nitrogen and oxygen atoms in total. The van der Waals surface area contributed by atoms with Gasteiger partial charge in [-0.3, -0.25) is 4.79 Å². The van der Waals surface area contributed by atoms with Crippen LogP contribution in [0.2, 0.25) is 0 Å². The summed E-state index contributed by atoms with van der Waals surface area (Å²) in [5, 5.41) is 10.2. The smallest absolute Gasteiger partial charge is 0.341 e. The molecule has 0 saturated heterocycles. The SMILES string of the molecule is Cn1cc(CCC(=O)N2CCc3ccccc3C2c2cc(F)ccc2OCC(=O)O)c2ccccc21. The first-order valence-corrected chi connectivity index (χ1v) is 12.0. The number of carboxylic acid groups (broad SMARTS) is 1. The molecule has 1 atom stereocenters. The fraction of sp³-hybridized carbons (Fsp3) is 0.241. The van der Waals surface area contributed by atoms with E-state index in [0.29, 0.717) is 31.4 Å². The van der Waals surface area contributed by atoms with Gasteiger partial charge in [0, 0.05) is 42.7 Å². The van der Waals surface area contributed by atoms with Crippen molar-refractivity contribution in [3.05, 3.63) is 101 Å². The maximum absolute atomic E-state index is 14.4. The van der Waals surface area contributed by atoms with Crippen LogP contribution in [0.5, 0.6) is 5.75 Å². The summed E-state index contributed by atoms with van der Waals surface area (Å²) in [4.78, 5) is 26.6. The molecule has 1 aliphatic heterocycles. The maximum Gasteiger partial charge on any atom is 0.341 e. The Morgan fingerprint density at radius 1 is 1.06 bits per heavy atom. The van der Waals surface area contributed by atoms with Gasteiger partial charge >= 0.3 is 5.97 Å². The summed E-state index contributed by atoms with van der Waals surface area (Å²) in [6.07, 6.45) is 3.63. The van der Waals surface area contributed by atoms with Gasteiger partial charge in [0.2, 0.25) is 5.91 Å². The standard InChI is InChI=1S/C29H27FN2O4/c1-31-17-20(22-7-4-5-9-25(22)31)10-13-27(33)32-15-14-19-6-2-3-8-23(19)29(32)24-16-21(30)11-12-26(24)36-18-28(34)35/h2-9,11-12,16-17,29H,10,13-15,18H2,1H3,(H,34,35). The summed E-state index contributed by atoms with van der Waals surface area (Å²) in [6, 6.07) is 19.3. The number of carbonyl (C=O) groups excluding carboxylic acids is 1. The van der Waals surface area contributed by atoms with Crippen molar-refractivity contribution in [1.29, 1.82) is 0 Å². The Morgan fingerprint density at radius 2 is 1.83 bits per heavy atom. The summed E-state index contributed by atoms with van der Waals surface area (Å²) in [6.45, 7) is -0.0764. The molecule has 1 aromatic heterocycles. The molecule has 1 N–H and O–H groups in total. The van der Waals surface area contributed by atoms with Crippen LogP contribution in [0.4, 0.5) is 4.39 Å². The number of aromatic nitrogens is 1. The quantitative estimate of drug-likeness (QED) is 0.404. The van der Waals surface area contributed by atoms with Crippen molar-refractivity contribution in [2.75, 3.05) is 13.2 Å². The topological polar surface area (TPSA) is 71.8 Å². The molecule has 0 saturated carbocycles. The van der Waals surface area contributed by atoms with E-state index in [1.54, 1.807) is 4.90 Å². The van der Waals surface area contributed by atoms with Crippen LogP contribution in [0, 0.1) is 5.82 Å². The first-order chi connectivity index (χ1) is 17.4. The van der Waals surface area contributed by atoms with E-state index in [9.17, 15) is 14.0 Å². The molecular weight excluding hydrogens is 459 g/mol. The van der Waals surface area contributed by atoms with Gasteiger partial charge in [-0.05, 0) is 53.8 Å². The highest BCUT2D eigenvalue weighted by Crippen LogP contribution is 2.40. The predicted octanol–water partition coefficient (Wildman–Crippen LogP) is 4.89. The number of rotatable bonds is 7. The second-order valence-corrected chi connectivity index (χ2v) is 9.09. The minimum absolute atomic E-state index is 0.0455. The van der Waals surface area contributed by atoms with E-state index < -0.39 is 24.4 Å². The average molecular weight is 487 g/mol. The number of aryl methyl sites for hydroxylation is 2. The van der Waals surface area contributed by atoms with Crippen LogP contribution >= 0.6 is 0 Å². The molecule has 36 heavy (non-hydrogen) atoms. The van der Waals surface area contributed by atoms with Crippen molar-refractivity contribution in [3.63, 3.8) is 0 Å². The zero-order valence-electron chi connectivity index (χ0n) is 20.0. The molecule has 0 bridgehead atoms. The number of aliphatic carboxylic acids is 1. The zero-order chi connectivity index (χ0) is 25.2. The molecule has 0 radical (unpaired) electrons. The summed E-state index contributed by atoms with van der Waals surface area (Å²) in [5.74, 6) is -1.39. The van der Waals surface area contributed by atoms with E-state index in [4.69, 9.17) is 9.84 Å². The lowest BCUT2D eigenvalue weighted by Gasteiger charge is -2.38. The molecule has 4 aromatic rings. The number of hydrogen-bond donors (Lipinski definition) is 1. The van der Waals surface area contributed by atoms with E-state index in [1.807, 2.05) is 43.4 Å². The van der Waals surface area contributed by atoms with Crippen LogP contribution in [0.25, 0.3) is 10.9 Å². The molecule has 1 amide bonds. The molecule has 0 fully saturated rings. The Hall–Kier alpha value is -4.13. The zero-order valence-corrected chi connectivity index (χ0v) is 20.0.